The fourth-order valence-electron chi connectivity index (χ4n) is 1.23. The Morgan fingerprint density at radius 3 is 2.41 bits per heavy atom. The van der Waals surface area contributed by atoms with Crippen molar-refractivity contribution in [1.29, 1.82) is 5.26 Å². The molecule has 17 heavy (non-hydrogen) atoms. The normalized spacial score (nSPS) is 11.6. The largest absolute Gasteiger partial charge is 0.505 e. The van der Waals surface area contributed by atoms with Crippen LogP contribution in [0.4, 0.5) is 22.0 Å². The number of alkyl halides is 5. The maximum Gasteiger partial charge on any atom is 0.437 e. The summed E-state index contributed by atoms with van der Waals surface area (Å²) >= 11 is 0. The van der Waals surface area contributed by atoms with E-state index in [4.69, 9.17) is 10.4 Å². The fraction of sp³-hybridized carbons (Fsp3) is 0.333. The molecule has 0 bridgehead atoms. The van der Waals surface area contributed by atoms with Crippen molar-refractivity contribution in [3.8, 4) is 11.8 Å². The van der Waals surface area contributed by atoms with Crippen molar-refractivity contribution < 1.29 is 27.1 Å². The quantitative estimate of drug-likeness (QED) is 0.823. The van der Waals surface area contributed by atoms with Crippen molar-refractivity contribution in [3.05, 3.63) is 23.0 Å². The van der Waals surface area contributed by atoms with Crippen LogP contribution in [0.3, 0.4) is 0 Å². The van der Waals surface area contributed by atoms with Crippen LogP contribution in [0.5, 0.6) is 5.75 Å². The summed E-state index contributed by atoms with van der Waals surface area (Å²) in [7, 11) is 0. The van der Waals surface area contributed by atoms with Gasteiger partial charge in [0.1, 0.15) is 0 Å². The average molecular weight is 252 g/mol. The number of rotatable bonds is 2. The lowest BCUT2D eigenvalue weighted by Crippen LogP contribution is -2.11. The zero-order chi connectivity index (χ0) is 13.2. The molecule has 0 radical (unpaired) electrons. The van der Waals surface area contributed by atoms with Crippen LogP contribution in [0.15, 0.2) is 6.20 Å². The first-order valence-electron chi connectivity index (χ1n) is 4.22. The Balaban J connectivity index is 3.45. The van der Waals surface area contributed by atoms with Gasteiger partial charge in [-0.1, -0.05) is 0 Å². The first-order chi connectivity index (χ1) is 7.79. The van der Waals surface area contributed by atoms with Crippen molar-refractivity contribution in [2.45, 2.75) is 19.0 Å². The summed E-state index contributed by atoms with van der Waals surface area (Å²) in [6.07, 6.45) is -8.38. The number of aromatic hydroxyl groups is 1. The molecule has 0 aliphatic rings. The second-order valence-electron chi connectivity index (χ2n) is 3.03. The molecule has 0 fully saturated rings. The number of aromatic nitrogens is 1. The molecule has 0 unspecified atom stereocenters. The Bertz CT molecular complexity index is 464. The Morgan fingerprint density at radius 2 is 2.00 bits per heavy atom. The molecule has 0 spiro atoms. The van der Waals surface area contributed by atoms with E-state index in [2.05, 4.69) is 4.98 Å². The van der Waals surface area contributed by atoms with Crippen LogP contribution in [0.25, 0.3) is 0 Å². The van der Waals surface area contributed by atoms with Crippen LogP contribution in [0, 0.1) is 11.3 Å². The van der Waals surface area contributed by atoms with Gasteiger partial charge in [-0.3, -0.25) is 0 Å². The summed E-state index contributed by atoms with van der Waals surface area (Å²) in [4.78, 5) is 2.85. The molecule has 0 saturated carbocycles. The van der Waals surface area contributed by atoms with Gasteiger partial charge in [-0.05, 0) is 5.56 Å². The predicted octanol–water partition coefficient (Wildman–Crippen LogP) is 2.81. The fourth-order valence-corrected chi connectivity index (χ4v) is 1.23. The summed E-state index contributed by atoms with van der Waals surface area (Å²) in [5, 5.41) is 17.4. The van der Waals surface area contributed by atoms with Gasteiger partial charge in [0, 0.05) is 6.20 Å². The summed E-state index contributed by atoms with van der Waals surface area (Å²) in [5.74, 6) is -1.62. The summed E-state index contributed by atoms with van der Waals surface area (Å²) in [6.45, 7) is 0. The number of hydrogen-bond donors (Lipinski definition) is 1. The molecule has 1 N–H and O–H groups in total. The van der Waals surface area contributed by atoms with Crippen molar-refractivity contribution in [2.24, 2.45) is 0 Å². The van der Waals surface area contributed by atoms with Crippen molar-refractivity contribution >= 4 is 0 Å². The second-order valence-corrected chi connectivity index (χ2v) is 3.03. The molecule has 0 atom stereocenters. The monoisotopic (exact) mass is 252 g/mol. The van der Waals surface area contributed by atoms with Gasteiger partial charge in [0.2, 0.25) is 0 Å². The molecular weight excluding hydrogens is 247 g/mol. The molecule has 1 aromatic heterocycles. The topological polar surface area (TPSA) is 56.9 Å². The molecule has 1 rings (SSSR count). The minimum Gasteiger partial charge on any atom is -0.505 e. The van der Waals surface area contributed by atoms with Crippen LogP contribution in [-0.2, 0) is 12.6 Å². The molecule has 3 nitrogen and oxygen atoms in total. The van der Waals surface area contributed by atoms with E-state index in [1.165, 1.54) is 6.07 Å². The van der Waals surface area contributed by atoms with Gasteiger partial charge in [-0.2, -0.15) is 18.4 Å². The highest BCUT2D eigenvalue weighted by atomic mass is 19.4. The van der Waals surface area contributed by atoms with E-state index in [-0.39, 0.29) is 0 Å². The zero-order valence-corrected chi connectivity index (χ0v) is 8.09. The second kappa shape index (κ2) is 4.53. The molecule has 0 aromatic carbocycles. The Labute approximate surface area is 92.1 Å². The van der Waals surface area contributed by atoms with Gasteiger partial charge in [0.05, 0.1) is 18.1 Å². The molecule has 1 aromatic rings. The lowest BCUT2D eigenvalue weighted by atomic mass is 10.1. The Morgan fingerprint density at radius 1 is 1.41 bits per heavy atom. The minimum atomic E-state index is -5.03. The number of pyridine rings is 1. The standard InChI is InChI=1S/C9H5F5N2O/c10-8(11)5-4(1-2-15)3-16-7(6(5)17)9(12,13)14/h3,8,17H,1H2. The SMILES string of the molecule is N#CCc1cnc(C(F)(F)F)c(O)c1C(F)F. The van der Waals surface area contributed by atoms with Crippen molar-refractivity contribution in [3.63, 3.8) is 0 Å². The minimum absolute atomic E-state index is 0.423. The molecular formula is C9H5F5N2O. The van der Waals surface area contributed by atoms with Crippen molar-refractivity contribution in [2.75, 3.05) is 0 Å². The molecule has 0 amide bonds. The highest BCUT2D eigenvalue weighted by Crippen LogP contribution is 2.40. The van der Waals surface area contributed by atoms with E-state index < -0.39 is 41.6 Å². The number of halogens is 5. The highest BCUT2D eigenvalue weighted by molar-refractivity contribution is 5.44. The number of hydrogen-bond acceptors (Lipinski definition) is 3. The van der Waals surface area contributed by atoms with E-state index in [0.29, 0.717) is 6.20 Å². The van der Waals surface area contributed by atoms with E-state index in [9.17, 15) is 22.0 Å². The maximum atomic E-state index is 12.5. The lowest BCUT2D eigenvalue weighted by Gasteiger charge is -2.13. The highest BCUT2D eigenvalue weighted by Gasteiger charge is 2.38. The van der Waals surface area contributed by atoms with Crippen LogP contribution in [-0.4, -0.2) is 10.1 Å². The third kappa shape index (κ3) is 2.61. The first-order valence-corrected chi connectivity index (χ1v) is 4.22. The third-order valence-corrected chi connectivity index (χ3v) is 1.93. The van der Waals surface area contributed by atoms with E-state index in [1.807, 2.05) is 0 Å². The van der Waals surface area contributed by atoms with Gasteiger partial charge in [-0.25, -0.2) is 13.8 Å². The van der Waals surface area contributed by atoms with Crippen LogP contribution in [0.1, 0.15) is 23.2 Å². The number of nitriles is 1. The molecule has 0 aliphatic heterocycles. The van der Waals surface area contributed by atoms with E-state index in [1.54, 1.807) is 0 Å². The molecule has 0 aliphatic carbocycles. The molecule has 92 valence electrons. The van der Waals surface area contributed by atoms with Crippen LogP contribution < -0.4 is 0 Å². The molecule has 1 heterocycles. The zero-order valence-electron chi connectivity index (χ0n) is 8.09. The predicted molar refractivity (Wildman–Crippen MR) is 45.2 cm³/mol. The van der Waals surface area contributed by atoms with Crippen LogP contribution in [0.2, 0.25) is 0 Å². The van der Waals surface area contributed by atoms with Crippen molar-refractivity contribution in [1.82, 2.24) is 4.98 Å². The van der Waals surface area contributed by atoms with Gasteiger partial charge >= 0.3 is 6.18 Å². The van der Waals surface area contributed by atoms with E-state index in [0.717, 1.165) is 0 Å². The summed E-state index contributed by atoms with van der Waals surface area (Å²) < 4.78 is 61.9. The maximum absolute atomic E-state index is 12.5. The first kappa shape index (κ1) is 13.2. The van der Waals surface area contributed by atoms with Gasteiger partial charge < -0.3 is 5.11 Å². The molecule has 8 heteroatoms. The Hall–Kier alpha value is -1.91. The van der Waals surface area contributed by atoms with Gasteiger partial charge in [0.15, 0.2) is 11.4 Å². The smallest absolute Gasteiger partial charge is 0.437 e. The van der Waals surface area contributed by atoms with Crippen LogP contribution >= 0.6 is 0 Å². The van der Waals surface area contributed by atoms with E-state index >= 15 is 0 Å². The van der Waals surface area contributed by atoms with Gasteiger partial charge in [0.25, 0.3) is 6.43 Å². The van der Waals surface area contributed by atoms with Gasteiger partial charge in [-0.15, -0.1) is 0 Å². The summed E-state index contributed by atoms with van der Waals surface area (Å²) in [5.41, 5.74) is -3.41. The molecule has 0 saturated heterocycles. The third-order valence-electron chi connectivity index (χ3n) is 1.93. The average Bonchev–Trinajstić information content (AvgIpc) is 2.15. The lowest BCUT2D eigenvalue weighted by molar-refractivity contribution is -0.142. The Kier molecular flexibility index (Phi) is 3.50. The number of nitrogens with zero attached hydrogens (tertiary/aromatic N) is 2. The summed E-state index contributed by atoms with van der Waals surface area (Å²) in [6, 6.07) is 1.50.